The largest absolute Gasteiger partial charge is 0.493 e. The molecule has 1 saturated carbocycles. The number of methoxy groups -OCH3 is 2. The van der Waals surface area contributed by atoms with Crippen LogP contribution in [0.4, 0.5) is 0 Å². The van der Waals surface area contributed by atoms with Gasteiger partial charge in [0.25, 0.3) is 0 Å². The topological polar surface area (TPSA) is 31.6 Å². The van der Waals surface area contributed by atoms with Crippen LogP contribution in [0.15, 0.2) is 22.6 Å². The number of fused-ring (bicyclic) bond motifs is 1. The van der Waals surface area contributed by atoms with Crippen LogP contribution in [0, 0.1) is 5.92 Å². The molecule has 2 aromatic rings. The van der Waals surface area contributed by atoms with Gasteiger partial charge < -0.3 is 13.9 Å². The molecule has 0 N–H and O–H groups in total. The molecule has 17 heavy (non-hydrogen) atoms. The van der Waals surface area contributed by atoms with Crippen LogP contribution in [0.1, 0.15) is 18.6 Å². The zero-order chi connectivity index (χ0) is 11.8. The van der Waals surface area contributed by atoms with E-state index in [2.05, 4.69) is 6.07 Å². The van der Waals surface area contributed by atoms with Gasteiger partial charge in [0.2, 0.25) is 5.75 Å². The van der Waals surface area contributed by atoms with Gasteiger partial charge in [-0.2, -0.15) is 0 Å². The van der Waals surface area contributed by atoms with Crippen LogP contribution in [-0.4, -0.2) is 14.2 Å². The SMILES string of the molecule is COc1ccc2cc(CC3CC3)oc2c1OC. The molecule has 0 atom stereocenters. The van der Waals surface area contributed by atoms with E-state index in [1.165, 1.54) is 12.8 Å². The third kappa shape index (κ3) is 1.86. The highest BCUT2D eigenvalue weighted by atomic mass is 16.5. The maximum absolute atomic E-state index is 5.88. The van der Waals surface area contributed by atoms with Crippen LogP contribution in [0.2, 0.25) is 0 Å². The first-order valence-corrected chi connectivity index (χ1v) is 5.95. The van der Waals surface area contributed by atoms with E-state index >= 15 is 0 Å². The third-order valence-corrected chi connectivity index (χ3v) is 3.27. The Hall–Kier alpha value is -1.64. The van der Waals surface area contributed by atoms with Crippen molar-refractivity contribution < 1.29 is 13.9 Å². The highest BCUT2D eigenvalue weighted by Gasteiger charge is 2.24. The summed E-state index contributed by atoms with van der Waals surface area (Å²) in [5.41, 5.74) is 0.794. The zero-order valence-corrected chi connectivity index (χ0v) is 10.2. The monoisotopic (exact) mass is 232 g/mol. The molecule has 0 radical (unpaired) electrons. The lowest BCUT2D eigenvalue weighted by Gasteiger charge is -2.06. The van der Waals surface area contributed by atoms with Gasteiger partial charge in [0.05, 0.1) is 14.2 Å². The van der Waals surface area contributed by atoms with E-state index in [0.717, 1.165) is 29.1 Å². The molecule has 0 amide bonds. The van der Waals surface area contributed by atoms with E-state index in [4.69, 9.17) is 13.9 Å². The Balaban J connectivity index is 2.06. The Labute approximate surface area is 100 Å². The molecule has 90 valence electrons. The Bertz CT molecular complexity index is 538. The Kier molecular flexibility index (Phi) is 2.46. The fourth-order valence-electron chi connectivity index (χ4n) is 2.17. The molecule has 3 heteroatoms. The first-order chi connectivity index (χ1) is 8.31. The maximum Gasteiger partial charge on any atom is 0.204 e. The van der Waals surface area contributed by atoms with E-state index in [-0.39, 0.29) is 0 Å². The molecule has 1 aliphatic rings. The lowest BCUT2D eigenvalue weighted by atomic mass is 10.2. The standard InChI is InChI=1S/C14H16O3/c1-15-12-6-5-10-8-11(7-9-3-4-9)17-13(10)14(12)16-2/h5-6,8-9H,3-4,7H2,1-2H3. The summed E-state index contributed by atoms with van der Waals surface area (Å²) in [6.07, 6.45) is 3.70. The molecule has 1 aromatic heterocycles. The second-order valence-corrected chi connectivity index (χ2v) is 4.58. The quantitative estimate of drug-likeness (QED) is 0.809. The molecule has 1 heterocycles. The summed E-state index contributed by atoms with van der Waals surface area (Å²) in [7, 11) is 3.28. The van der Waals surface area contributed by atoms with E-state index in [0.29, 0.717) is 11.5 Å². The summed E-state index contributed by atoms with van der Waals surface area (Å²) in [5, 5.41) is 1.08. The molecular weight excluding hydrogens is 216 g/mol. The number of ether oxygens (including phenoxy) is 2. The van der Waals surface area contributed by atoms with Crippen molar-refractivity contribution in [3.05, 3.63) is 24.0 Å². The number of benzene rings is 1. The van der Waals surface area contributed by atoms with Gasteiger partial charge in [-0.15, -0.1) is 0 Å². The number of hydrogen-bond donors (Lipinski definition) is 0. The van der Waals surface area contributed by atoms with E-state index in [1.54, 1.807) is 14.2 Å². The van der Waals surface area contributed by atoms with Gasteiger partial charge in [0, 0.05) is 11.8 Å². The normalized spacial score (nSPS) is 15.2. The summed E-state index contributed by atoms with van der Waals surface area (Å²) in [6, 6.07) is 6.03. The minimum absolute atomic E-state index is 0.687. The van der Waals surface area contributed by atoms with Crippen molar-refractivity contribution in [1.82, 2.24) is 0 Å². The lowest BCUT2D eigenvalue weighted by Crippen LogP contribution is -1.89. The van der Waals surface area contributed by atoms with Crippen LogP contribution in [0.25, 0.3) is 11.0 Å². The molecule has 3 rings (SSSR count). The Morgan fingerprint density at radius 1 is 1.24 bits per heavy atom. The summed E-state index contributed by atoms with van der Waals surface area (Å²) in [4.78, 5) is 0. The molecule has 0 bridgehead atoms. The van der Waals surface area contributed by atoms with Crippen molar-refractivity contribution >= 4 is 11.0 Å². The van der Waals surface area contributed by atoms with Gasteiger partial charge in [0.15, 0.2) is 11.3 Å². The molecule has 0 unspecified atom stereocenters. The average molecular weight is 232 g/mol. The van der Waals surface area contributed by atoms with Crippen molar-refractivity contribution in [2.45, 2.75) is 19.3 Å². The van der Waals surface area contributed by atoms with Crippen LogP contribution < -0.4 is 9.47 Å². The maximum atomic E-state index is 5.88. The van der Waals surface area contributed by atoms with Gasteiger partial charge in [-0.05, 0) is 37.0 Å². The van der Waals surface area contributed by atoms with E-state index in [1.807, 2.05) is 12.1 Å². The van der Waals surface area contributed by atoms with Crippen molar-refractivity contribution in [3.63, 3.8) is 0 Å². The molecule has 0 aliphatic heterocycles. The van der Waals surface area contributed by atoms with Gasteiger partial charge in [-0.3, -0.25) is 0 Å². The van der Waals surface area contributed by atoms with E-state index < -0.39 is 0 Å². The van der Waals surface area contributed by atoms with Gasteiger partial charge in [0.1, 0.15) is 5.76 Å². The van der Waals surface area contributed by atoms with Crippen molar-refractivity contribution in [2.24, 2.45) is 5.92 Å². The zero-order valence-electron chi connectivity index (χ0n) is 10.2. The number of rotatable bonds is 4. The van der Waals surface area contributed by atoms with Crippen molar-refractivity contribution in [2.75, 3.05) is 14.2 Å². The van der Waals surface area contributed by atoms with Gasteiger partial charge >= 0.3 is 0 Å². The predicted molar refractivity (Wildman–Crippen MR) is 65.7 cm³/mol. The first-order valence-electron chi connectivity index (χ1n) is 5.95. The molecule has 1 aliphatic carbocycles. The summed E-state index contributed by atoms with van der Waals surface area (Å²) < 4.78 is 16.5. The highest BCUT2D eigenvalue weighted by molar-refractivity contribution is 5.86. The van der Waals surface area contributed by atoms with Gasteiger partial charge in [-0.1, -0.05) is 0 Å². The molecule has 3 nitrogen and oxygen atoms in total. The predicted octanol–water partition coefficient (Wildman–Crippen LogP) is 3.40. The summed E-state index contributed by atoms with van der Waals surface area (Å²) in [6.45, 7) is 0. The molecule has 0 saturated heterocycles. The summed E-state index contributed by atoms with van der Waals surface area (Å²) >= 11 is 0. The third-order valence-electron chi connectivity index (χ3n) is 3.27. The van der Waals surface area contributed by atoms with Crippen molar-refractivity contribution in [1.29, 1.82) is 0 Å². The highest BCUT2D eigenvalue weighted by Crippen LogP contribution is 2.39. The van der Waals surface area contributed by atoms with E-state index in [9.17, 15) is 0 Å². The minimum atomic E-state index is 0.687. The smallest absolute Gasteiger partial charge is 0.204 e. The van der Waals surface area contributed by atoms with Crippen LogP contribution >= 0.6 is 0 Å². The Morgan fingerprint density at radius 2 is 2.06 bits per heavy atom. The average Bonchev–Trinajstić information content (AvgIpc) is 3.05. The molecule has 1 aromatic carbocycles. The van der Waals surface area contributed by atoms with Gasteiger partial charge in [-0.25, -0.2) is 0 Å². The second-order valence-electron chi connectivity index (χ2n) is 4.58. The number of furan rings is 1. The van der Waals surface area contributed by atoms with Crippen LogP contribution in [0.3, 0.4) is 0 Å². The Morgan fingerprint density at radius 3 is 2.71 bits per heavy atom. The molecule has 0 spiro atoms. The summed E-state index contributed by atoms with van der Waals surface area (Å²) in [5.74, 6) is 3.27. The minimum Gasteiger partial charge on any atom is -0.493 e. The van der Waals surface area contributed by atoms with Crippen molar-refractivity contribution in [3.8, 4) is 11.5 Å². The first kappa shape index (κ1) is 10.5. The molecule has 1 fully saturated rings. The van der Waals surface area contributed by atoms with Crippen LogP contribution in [-0.2, 0) is 6.42 Å². The fourth-order valence-corrected chi connectivity index (χ4v) is 2.17. The number of hydrogen-bond acceptors (Lipinski definition) is 3. The second kappa shape index (κ2) is 3.99. The molecular formula is C14H16O3. The fraction of sp³-hybridized carbons (Fsp3) is 0.429. The lowest BCUT2D eigenvalue weighted by molar-refractivity contribution is 0.352. The van der Waals surface area contributed by atoms with Crippen LogP contribution in [0.5, 0.6) is 11.5 Å².